The third-order valence-corrected chi connectivity index (χ3v) is 0.888. The van der Waals surface area contributed by atoms with Crippen molar-refractivity contribution >= 4 is 0 Å². The number of ether oxygens (including phenoxy) is 1. The molecular weight excluding hydrogens is 128 g/mol. The number of rotatable bonds is 2. The summed E-state index contributed by atoms with van der Waals surface area (Å²) in [6.45, 7) is 17.0. The van der Waals surface area contributed by atoms with Gasteiger partial charge in [0.1, 0.15) is 13.1 Å². The molecule has 0 N–H and O–H groups in total. The zero-order chi connectivity index (χ0) is 7.98. The lowest BCUT2D eigenvalue weighted by atomic mass is 10.5. The predicted octanol–water partition coefficient (Wildman–Crippen LogP) is 2.05. The first kappa shape index (κ1) is 8.52. The van der Waals surface area contributed by atoms with Crippen molar-refractivity contribution in [3.05, 3.63) is 34.4 Å². The monoisotopic (exact) mass is 136 g/mol. The lowest BCUT2D eigenvalue weighted by Gasteiger charge is -1.96. The molecule has 0 bridgehead atoms. The molecule has 0 aliphatic rings. The highest BCUT2D eigenvalue weighted by Crippen LogP contribution is 2.07. The molecule has 0 saturated carbocycles. The van der Waals surface area contributed by atoms with E-state index in [1.165, 1.54) is 0 Å². The molecule has 3 nitrogen and oxygen atoms in total. The maximum atomic E-state index is 6.54. The van der Waals surface area contributed by atoms with Gasteiger partial charge in [0.15, 0.2) is 5.76 Å². The van der Waals surface area contributed by atoms with E-state index in [-0.39, 0.29) is 5.82 Å². The third-order valence-electron chi connectivity index (χ3n) is 0.888. The van der Waals surface area contributed by atoms with Crippen molar-refractivity contribution in [2.45, 2.75) is 13.8 Å². The fraction of sp³-hybridized carbons (Fsp3) is 0.429. The summed E-state index contributed by atoms with van der Waals surface area (Å²) in [5.41, 5.74) is 0. The van der Waals surface area contributed by atoms with Crippen molar-refractivity contribution in [1.82, 2.24) is 0 Å². The molecular formula is C7H8N2O. The molecule has 0 atom stereocenters. The fourth-order valence-corrected chi connectivity index (χ4v) is 0.464. The molecule has 0 rings (SSSR count). The van der Waals surface area contributed by atoms with Gasteiger partial charge in [-0.2, -0.15) is 9.69 Å². The van der Waals surface area contributed by atoms with Crippen LogP contribution in [0.4, 0.5) is 0 Å². The first-order chi connectivity index (χ1) is 4.76. The minimum absolute atomic E-state index is 0.0156. The minimum Gasteiger partial charge on any atom is -0.502 e. The van der Waals surface area contributed by atoms with Crippen LogP contribution in [0.3, 0.4) is 0 Å². The molecule has 10 heavy (non-hydrogen) atoms. The molecule has 0 aliphatic carbocycles. The van der Waals surface area contributed by atoms with E-state index in [2.05, 4.69) is 9.69 Å². The number of hydrogen-bond acceptors (Lipinski definition) is 1. The van der Waals surface area contributed by atoms with Crippen LogP contribution in [0.15, 0.2) is 11.6 Å². The molecule has 0 amide bonds. The SMILES string of the molecule is [C-]#[N+]C([N+]#[C-])=C(C)OCC. The van der Waals surface area contributed by atoms with Crippen LogP contribution in [0.2, 0.25) is 0 Å². The standard InChI is InChI=1S/C7H8N2O/c1-5-10-6(2)7(8-3)9-4/h5H2,1-2H3. The van der Waals surface area contributed by atoms with E-state index < -0.39 is 0 Å². The molecule has 0 spiro atoms. The Morgan fingerprint density at radius 3 is 2.20 bits per heavy atom. The van der Waals surface area contributed by atoms with E-state index in [4.69, 9.17) is 17.9 Å². The molecule has 0 heterocycles. The average Bonchev–Trinajstić information content (AvgIpc) is 1.91. The van der Waals surface area contributed by atoms with Gasteiger partial charge in [-0.15, -0.1) is 0 Å². The molecule has 0 aromatic carbocycles. The quantitative estimate of drug-likeness (QED) is 0.419. The number of hydrogen-bond donors (Lipinski definition) is 0. The molecule has 0 aromatic rings. The molecule has 0 fully saturated rings. The summed E-state index contributed by atoms with van der Waals surface area (Å²) >= 11 is 0. The van der Waals surface area contributed by atoms with Gasteiger partial charge in [0, 0.05) is 0 Å². The van der Waals surface area contributed by atoms with Crippen LogP contribution in [-0.4, -0.2) is 6.61 Å². The number of allylic oxidation sites excluding steroid dienone is 1. The first-order valence-electron chi connectivity index (χ1n) is 2.84. The van der Waals surface area contributed by atoms with E-state index in [1.54, 1.807) is 6.92 Å². The van der Waals surface area contributed by atoms with Gasteiger partial charge in [0.25, 0.3) is 0 Å². The van der Waals surface area contributed by atoms with Gasteiger partial charge in [-0.05, 0) is 13.8 Å². The van der Waals surface area contributed by atoms with Crippen molar-refractivity contribution in [2.75, 3.05) is 6.61 Å². The Morgan fingerprint density at radius 2 is 1.90 bits per heavy atom. The van der Waals surface area contributed by atoms with Crippen molar-refractivity contribution in [1.29, 1.82) is 0 Å². The van der Waals surface area contributed by atoms with Crippen LogP contribution < -0.4 is 0 Å². The molecule has 52 valence electrons. The van der Waals surface area contributed by atoms with E-state index in [0.717, 1.165) is 0 Å². The highest BCUT2D eigenvalue weighted by Gasteiger charge is 2.09. The van der Waals surface area contributed by atoms with E-state index in [1.807, 2.05) is 6.92 Å². The Hall–Kier alpha value is -1.48. The summed E-state index contributed by atoms with van der Waals surface area (Å²) < 4.78 is 4.94. The largest absolute Gasteiger partial charge is 0.557 e. The Morgan fingerprint density at radius 1 is 1.40 bits per heavy atom. The van der Waals surface area contributed by atoms with Crippen molar-refractivity contribution in [3.63, 3.8) is 0 Å². The van der Waals surface area contributed by atoms with Crippen LogP contribution in [0.5, 0.6) is 0 Å². The molecule has 0 unspecified atom stereocenters. The summed E-state index contributed by atoms with van der Waals surface area (Å²) in [7, 11) is 0. The van der Waals surface area contributed by atoms with Crippen LogP contribution in [-0.2, 0) is 4.74 Å². The average molecular weight is 136 g/mol. The van der Waals surface area contributed by atoms with Gasteiger partial charge in [0.2, 0.25) is 0 Å². The normalized spacial score (nSPS) is 7.20. The van der Waals surface area contributed by atoms with Gasteiger partial charge >= 0.3 is 5.82 Å². The lowest BCUT2D eigenvalue weighted by Crippen LogP contribution is -1.87. The third kappa shape index (κ3) is 2.19. The maximum absolute atomic E-state index is 6.54. The molecule has 3 heteroatoms. The summed E-state index contributed by atoms with van der Waals surface area (Å²) in [5, 5.41) is 0. The number of nitrogens with zero attached hydrogens (tertiary/aromatic N) is 2. The van der Waals surface area contributed by atoms with E-state index in [0.29, 0.717) is 12.4 Å². The van der Waals surface area contributed by atoms with Crippen LogP contribution in [0.25, 0.3) is 9.69 Å². The Labute approximate surface area is 60.6 Å². The minimum atomic E-state index is 0.0156. The van der Waals surface area contributed by atoms with Gasteiger partial charge in [0.05, 0.1) is 6.61 Å². The summed E-state index contributed by atoms with van der Waals surface area (Å²) in [4.78, 5) is 5.95. The second-order valence-corrected chi connectivity index (χ2v) is 1.54. The second kappa shape index (κ2) is 4.40. The zero-order valence-electron chi connectivity index (χ0n) is 6.01. The van der Waals surface area contributed by atoms with Gasteiger partial charge in [-0.25, -0.2) is 0 Å². The van der Waals surface area contributed by atoms with Gasteiger partial charge in [-0.3, -0.25) is 0 Å². The highest BCUT2D eigenvalue weighted by molar-refractivity contribution is 5.20. The lowest BCUT2D eigenvalue weighted by molar-refractivity contribution is 0.229. The topological polar surface area (TPSA) is 18.0 Å². The Bertz CT molecular complexity index is 201. The maximum Gasteiger partial charge on any atom is 0.557 e. The highest BCUT2D eigenvalue weighted by atomic mass is 16.5. The first-order valence-corrected chi connectivity index (χ1v) is 2.84. The fourth-order valence-electron chi connectivity index (χ4n) is 0.464. The molecule has 0 saturated heterocycles. The van der Waals surface area contributed by atoms with Crippen molar-refractivity contribution in [3.8, 4) is 0 Å². The van der Waals surface area contributed by atoms with E-state index >= 15 is 0 Å². The predicted molar refractivity (Wildman–Crippen MR) is 37.5 cm³/mol. The molecule has 0 aromatic heterocycles. The summed E-state index contributed by atoms with van der Waals surface area (Å²) in [6.07, 6.45) is 0. The van der Waals surface area contributed by atoms with E-state index in [9.17, 15) is 0 Å². The molecule has 0 radical (unpaired) electrons. The van der Waals surface area contributed by atoms with Crippen LogP contribution in [0.1, 0.15) is 13.8 Å². The smallest absolute Gasteiger partial charge is 0.502 e. The summed E-state index contributed by atoms with van der Waals surface area (Å²) in [6, 6.07) is 0. The zero-order valence-corrected chi connectivity index (χ0v) is 6.01. The van der Waals surface area contributed by atoms with Crippen LogP contribution in [0, 0.1) is 13.1 Å². The van der Waals surface area contributed by atoms with Crippen LogP contribution >= 0.6 is 0 Å². The Balaban J connectivity index is 4.36. The molecule has 0 aliphatic heterocycles. The van der Waals surface area contributed by atoms with Gasteiger partial charge in [-0.1, -0.05) is 0 Å². The van der Waals surface area contributed by atoms with Crippen molar-refractivity contribution < 1.29 is 4.74 Å². The van der Waals surface area contributed by atoms with Gasteiger partial charge < -0.3 is 4.74 Å². The van der Waals surface area contributed by atoms with Crippen molar-refractivity contribution in [2.24, 2.45) is 0 Å². The Kier molecular flexibility index (Phi) is 3.75. The second-order valence-electron chi connectivity index (χ2n) is 1.54. The summed E-state index contributed by atoms with van der Waals surface area (Å²) in [5.74, 6) is 0.425.